The molecule has 0 bridgehead atoms. The molecule has 0 amide bonds. The van der Waals surface area contributed by atoms with E-state index in [0.717, 1.165) is 0 Å². The minimum absolute atomic E-state index is 0.0731. The van der Waals surface area contributed by atoms with E-state index in [4.69, 9.17) is 16.3 Å². The average molecular weight is 284 g/mol. The maximum Gasteiger partial charge on any atom is 0.392 e. The third-order valence-corrected chi connectivity index (χ3v) is 2.33. The first-order valence-corrected chi connectivity index (χ1v) is 5.40. The van der Waals surface area contributed by atoms with Crippen LogP contribution in [0.3, 0.4) is 0 Å². The van der Waals surface area contributed by atoms with Crippen molar-refractivity contribution in [2.75, 3.05) is 6.61 Å². The minimum Gasteiger partial charge on any atom is -0.486 e. The van der Waals surface area contributed by atoms with Crippen LogP contribution in [0, 0.1) is 10.1 Å². The number of alkyl halides is 4. The molecule has 0 aliphatic carbocycles. The summed E-state index contributed by atoms with van der Waals surface area (Å²) >= 11 is 5.51. The second kappa shape index (κ2) is 5.90. The number of ether oxygens (including phenoxy) is 1. The highest BCUT2D eigenvalue weighted by Gasteiger charge is 2.27. The molecule has 0 aliphatic rings. The van der Waals surface area contributed by atoms with Gasteiger partial charge >= 0.3 is 11.9 Å². The highest BCUT2D eigenvalue weighted by atomic mass is 35.5. The first-order chi connectivity index (χ1) is 8.33. The number of hydrogen-bond acceptors (Lipinski definition) is 3. The second-order valence-electron chi connectivity index (χ2n) is 3.41. The Hall–Kier alpha value is -1.50. The largest absolute Gasteiger partial charge is 0.486 e. The van der Waals surface area contributed by atoms with Crippen molar-refractivity contribution in [3.8, 4) is 5.75 Å². The number of benzene rings is 1. The Kier molecular flexibility index (Phi) is 4.77. The van der Waals surface area contributed by atoms with Crippen molar-refractivity contribution in [1.29, 1.82) is 0 Å². The molecular formula is C10H9ClF3NO3. The Labute approximate surface area is 105 Å². The highest BCUT2D eigenvalue weighted by Crippen LogP contribution is 2.29. The monoisotopic (exact) mass is 283 g/mol. The van der Waals surface area contributed by atoms with Crippen molar-refractivity contribution in [3.05, 3.63) is 33.9 Å². The van der Waals surface area contributed by atoms with Crippen LogP contribution in [0.15, 0.2) is 18.2 Å². The molecule has 0 fully saturated rings. The van der Waals surface area contributed by atoms with Crippen molar-refractivity contribution in [3.63, 3.8) is 0 Å². The Morgan fingerprint density at radius 3 is 2.56 bits per heavy atom. The molecule has 0 saturated heterocycles. The molecule has 1 aromatic rings. The minimum atomic E-state index is -4.36. The van der Waals surface area contributed by atoms with Gasteiger partial charge in [0.1, 0.15) is 0 Å². The molecule has 0 spiro atoms. The molecule has 0 unspecified atom stereocenters. The van der Waals surface area contributed by atoms with Crippen LogP contribution in [-0.2, 0) is 5.88 Å². The van der Waals surface area contributed by atoms with Crippen molar-refractivity contribution >= 4 is 17.3 Å². The SMILES string of the molecule is O=[N+]([O-])c1cc(CCl)ccc1OCCC(F)(F)F. The molecule has 0 saturated carbocycles. The second-order valence-corrected chi connectivity index (χ2v) is 3.67. The Morgan fingerprint density at radius 1 is 1.39 bits per heavy atom. The first-order valence-electron chi connectivity index (χ1n) is 4.86. The topological polar surface area (TPSA) is 52.4 Å². The Morgan fingerprint density at radius 2 is 2.06 bits per heavy atom. The predicted molar refractivity (Wildman–Crippen MR) is 58.8 cm³/mol. The summed E-state index contributed by atoms with van der Waals surface area (Å²) in [5.41, 5.74) is 0.0989. The quantitative estimate of drug-likeness (QED) is 0.471. The van der Waals surface area contributed by atoms with Gasteiger partial charge in [-0.3, -0.25) is 10.1 Å². The molecule has 1 rings (SSSR count). The summed E-state index contributed by atoms with van der Waals surface area (Å²) in [6.07, 6.45) is -5.52. The Bertz CT molecular complexity index is 437. The smallest absolute Gasteiger partial charge is 0.392 e. The molecule has 0 radical (unpaired) electrons. The summed E-state index contributed by atoms with van der Waals surface area (Å²) in [6.45, 7) is -0.662. The fourth-order valence-corrected chi connectivity index (χ4v) is 1.35. The molecule has 100 valence electrons. The van der Waals surface area contributed by atoms with Gasteiger partial charge in [-0.2, -0.15) is 13.2 Å². The van der Waals surface area contributed by atoms with E-state index in [1.165, 1.54) is 18.2 Å². The summed E-state index contributed by atoms with van der Waals surface area (Å²) < 4.78 is 40.5. The van der Waals surface area contributed by atoms with E-state index in [1.807, 2.05) is 0 Å². The summed E-state index contributed by atoms with van der Waals surface area (Å²) in [4.78, 5) is 9.99. The maximum absolute atomic E-state index is 11.9. The molecule has 0 heterocycles. The summed E-state index contributed by atoms with van der Waals surface area (Å²) in [6, 6.07) is 3.88. The molecule has 0 atom stereocenters. The van der Waals surface area contributed by atoms with Crippen LogP contribution in [-0.4, -0.2) is 17.7 Å². The van der Waals surface area contributed by atoms with Gasteiger partial charge in [-0.15, -0.1) is 11.6 Å². The zero-order valence-electron chi connectivity index (χ0n) is 9.04. The molecule has 0 N–H and O–H groups in total. The summed E-state index contributed by atoms with van der Waals surface area (Å²) in [5.74, 6) is -0.123. The van der Waals surface area contributed by atoms with Crippen LogP contribution in [0.5, 0.6) is 5.75 Å². The molecule has 0 aliphatic heterocycles. The lowest BCUT2D eigenvalue weighted by Crippen LogP contribution is -2.13. The third kappa shape index (κ3) is 4.40. The number of nitrogens with zero attached hydrogens (tertiary/aromatic N) is 1. The predicted octanol–water partition coefficient (Wildman–Crippen LogP) is 3.66. The lowest BCUT2D eigenvalue weighted by Gasteiger charge is -2.09. The fraction of sp³-hybridized carbons (Fsp3) is 0.400. The number of nitro groups is 1. The van der Waals surface area contributed by atoms with Gasteiger partial charge in [-0.1, -0.05) is 6.07 Å². The van der Waals surface area contributed by atoms with Crippen molar-refractivity contribution in [2.45, 2.75) is 18.5 Å². The molecule has 8 heteroatoms. The summed E-state index contributed by atoms with van der Waals surface area (Å²) in [5, 5.41) is 10.7. The van der Waals surface area contributed by atoms with Crippen LogP contribution in [0.1, 0.15) is 12.0 Å². The number of halogens is 4. The van der Waals surface area contributed by atoms with E-state index < -0.39 is 29.8 Å². The van der Waals surface area contributed by atoms with E-state index in [2.05, 4.69) is 0 Å². The highest BCUT2D eigenvalue weighted by molar-refractivity contribution is 6.17. The maximum atomic E-state index is 11.9. The molecule has 0 aromatic heterocycles. The van der Waals surface area contributed by atoms with Gasteiger partial charge in [0, 0.05) is 11.9 Å². The van der Waals surface area contributed by atoms with Crippen LogP contribution in [0.25, 0.3) is 0 Å². The lowest BCUT2D eigenvalue weighted by atomic mass is 10.2. The van der Waals surface area contributed by atoms with Gasteiger partial charge < -0.3 is 4.74 Å². The average Bonchev–Trinajstić information content (AvgIpc) is 2.27. The van der Waals surface area contributed by atoms with Gasteiger partial charge in [-0.25, -0.2) is 0 Å². The van der Waals surface area contributed by atoms with E-state index in [1.54, 1.807) is 0 Å². The van der Waals surface area contributed by atoms with Crippen LogP contribution >= 0.6 is 11.6 Å². The van der Waals surface area contributed by atoms with Gasteiger partial charge in [0.25, 0.3) is 0 Å². The fourth-order valence-electron chi connectivity index (χ4n) is 1.19. The van der Waals surface area contributed by atoms with Gasteiger partial charge in [-0.05, 0) is 11.6 Å². The van der Waals surface area contributed by atoms with E-state index in [9.17, 15) is 23.3 Å². The summed E-state index contributed by atoms with van der Waals surface area (Å²) in [7, 11) is 0. The van der Waals surface area contributed by atoms with E-state index >= 15 is 0 Å². The zero-order chi connectivity index (χ0) is 13.8. The van der Waals surface area contributed by atoms with Crippen LogP contribution < -0.4 is 4.74 Å². The number of rotatable bonds is 5. The van der Waals surface area contributed by atoms with Crippen LogP contribution in [0.4, 0.5) is 18.9 Å². The molecule has 18 heavy (non-hydrogen) atoms. The zero-order valence-corrected chi connectivity index (χ0v) is 9.79. The van der Waals surface area contributed by atoms with Crippen molar-refractivity contribution in [1.82, 2.24) is 0 Å². The molecule has 1 aromatic carbocycles. The number of hydrogen-bond donors (Lipinski definition) is 0. The molecule has 4 nitrogen and oxygen atoms in total. The Balaban J connectivity index is 2.79. The standard InChI is InChI=1S/C10H9ClF3NO3/c11-6-7-1-2-9(8(5-7)15(16)17)18-4-3-10(12,13)14/h1-2,5H,3-4,6H2. The lowest BCUT2D eigenvalue weighted by molar-refractivity contribution is -0.386. The van der Waals surface area contributed by atoms with Gasteiger partial charge in [0.15, 0.2) is 5.75 Å². The van der Waals surface area contributed by atoms with E-state index in [0.29, 0.717) is 5.56 Å². The van der Waals surface area contributed by atoms with Gasteiger partial charge in [0.2, 0.25) is 0 Å². The first kappa shape index (κ1) is 14.6. The van der Waals surface area contributed by atoms with Crippen molar-refractivity contribution in [2.24, 2.45) is 0 Å². The number of nitro benzene ring substituents is 1. The van der Waals surface area contributed by atoms with E-state index in [-0.39, 0.29) is 11.6 Å². The van der Waals surface area contributed by atoms with Gasteiger partial charge in [0.05, 0.1) is 18.0 Å². The molecular weight excluding hydrogens is 275 g/mol. The third-order valence-electron chi connectivity index (χ3n) is 2.02. The normalized spacial score (nSPS) is 11.3. The van der Waals surface area contributed by atoms with Crippen molar-refractivity contribution < 1.29 is 22.8 Å². The van der Waals surface area contributed by atoms with Crippen LogP contribution in [0.2, 0.25) is 0 Å².